The van der Waals surface area contributed by atoms with Crippen LogP contribution in [0.3, 0.4) is 0 Å². The van der Waals surface area contributed by atoms with Gasteiger partial charge >= 0.3 is 5.91 Å². The summed E-state index contributed by atoms with van der Waals surface area (Å²) in [5.41, 5.74) is 1.79. The standard InChI is InChI=1S/C29H25FN4O4S2/c1-2-3-15-38-22-6-4-5-20(16-22)24-23(25(35)19-11-13-31-14-12-19)26(36)27(37)34(24)28-32-33-29(40-28)39-17-18-7-9-21(30)10-8-18/h4-14,16,24,35H,2-3,15,17H2,1H3/b25-23+. The summed E-state index contributed by atoms with van der Waals surface area (Å²) in [6, 6.07) is 15.5. The zero-order chi connectivity index (χ0) is 28.1. The largest absolute Gasteiger partial charge is 0.507 e. The van der Waals surface area contributed by atoms with E-state index in [2.05, 4.69) is 22.1 Å². The lowest BCUT2D eigenvalue weighted by Gasteiger charge is -2.23. The Morgan fingerprint density at radius 3 is 2.62 bits per heavy atom. The number of benzene rings is 2. The van der Waals surface area contributed by atoms with Crippen LogP contribution < -0.4 is 9.64 Å². The van der Waals surface area contributed by atoms with Gasteiger partial charge in [-0.05, 0) is 53.9 Å². The van der Waals surface area contributed by atoms with Crippen LogP contribution in [0.4, 0.5) is 9.52 Å². The van der Waals surface area contributed by atoms with E-state index in [0.29, 0.717) is 33.6 Å². The molecule has 0 aliphatic carbocycles. The third-order valence-electron chi connectivity index (χ3n) is 6.22. The maximum atomic E-state index is 13.4. The van der Waals surface area contributed by atoms with Crippen molar-refractivity contribution in [3.05, 3.63) is 101 Å². The normalized spacial score (nSPS) is 16.4. The molecule has 1 atom stereocenters. The highest BCUT2D eigenvalue weighted by Gasteiger charge is 2.48. The average molecular weight is 577 g/mol. The van der Waals surface area contributed by atoms with Gasteiger partial charge in [0.15, 0.2) is 4.34 Å². The molecule has 0 radical (unpaired) electrons. The molecule has 1 fully saturated rings. The van der Waals surface area contributed by atoms with Crippen molar-refractivity contribution in [3.8, 4) is 5.75 Å². The molecule has 5 rings (SSSR count). The predicted molar refractivity (Wildman–Crippen MR) is 152 cm³/mol. The minimum atomic E-state index is -0.953. The molecule has 11 heteroatoms. The summed E-state index contributed by atoms with van der Waals surface area (Å²) in [7, 11) is 0. The molecular weight excluding hydrogens is 551 g/mol. The average Bonchev–Trinajstić information content (AvgIpc) is 3.55. The van der Waals surface area contributed by atoms with Crippen molar-refractivity contribution >= 4 is 45.7 Å². The van der Waals surface area contributed by atoms with Gasteiger partial charge in [-0.1, -0.05) is 60.7 Å². The molecule has 40 heavy (non-hydrogen) atoms. The van der Waals surface area contributed by atoms with Gasteiger partial charge in [0.1, 0.15) is 17.3 Å². The number of ether oxygens (including phenoxy) is 1. The Bertz CT molecular complexity index is 1540. The molecule has 0 bridgehead atoms. The number of ketones is 1. The maximum Gasteiger partial charge on any atom is 0.301 e. The number of aliphatic hydroxyl groups is 1. The van der Waals surface area contributed by atoms with Crippen molar-refractivity contribution in [2.45, 2.75) is 35.9 Å². The van der Waals surface area contributed by atoms with Gasteiger partial charge in [0.2, 0.25) is 5.13 Å². The number of rotatable bonds is 10. The molecule has 0 spiro atoms. The molecule has 1 N–H and O–H groups in total. The second-order valence-corrected chi connectivity index (χ2v) is 11.1. The van der Waals surface area contributed by atoms with Gasteiger partial charge < -0.3 is 9.84 Å². The zero-order valence-electron chi connectivity index (χ0n) is 21.5. The maximum absolute atomic E-state index is 13.4. The van der Waals surface area contributed by atoms with Gasteiger partial charge in [0.25, 0.3) is 5.78 Å². The highest BCUT2D eigenvalue weighted by atomic mass is 32.2. The number of carbonyl (C=O) groups is 2. The van der Waals surface area contributed by atoms with Gasteiger partial charge in [-0.25, -0.2) is 4.39 Å². The second kappa shape index (κ2) is 12.4. The summed E-state index contributed by atoms with van der Waals surface area (Å²) in [5.74, 6) is -1.14. The van der Waals surface area contributed by atoms with Crippen molar-refractivity contribution < 1.29 is 23.8 Å². The third kappa shape index (κ3) is 5.90. The zero-order valence-corrected chi connectivity index (χ0v) is 23.1. The van der Waals surface area contributed by atoms with Crippen LogP contribution in [0.1, 0.15) is 42.5 Å². The molecule has 4 aromatic rings. The van der Waals surface area contributed by atoms with E-state index in [9.17, 15) is 19.1 Å². The number of aromatic nitrogens is 3. The van der Waals surface area contributed by atoms with Crippen LogP contribution in [0.2, 0.25) is 0 Å². The molecule has 1 aliphatic rings. The summed E-state index contributed by atoms with van der Waals surface area (Å²) in [6.07, 6.45) is 4.85. The second-order valence-electron chi connectivity index (χ2n) is 8.95. The topological polar surface area (TPSA) is 106 Å². The van der Waals surface area contributed by atoms with Crippen LogP contribution >= 0.6 is 23.1 Å². The number of aliphatic hydroxyl groups excluding tert-OH is 1. The molecule has 2 aromatic carbocycles. The fraction of sp³-hybridized carbons (Fsp3) is 0.207. The molecule has 1 saturated heterocycles. The number of thioether (sulfide) groups is 1. The van der Waals surface area contributed by atoms with Crippen molar-refractivity contribution in [2.75, 3.05) is 11.5 Å². The minimum Gasteiger partial charge on any atom is -0.507 e. The fourth-order valence-electron chi connectivity index (χ4n) is 4.20. The predicted octanol–water partition coefficient (Wildman–Crippen LogP) is 6.17. The lowest BCUT2D eigenvalue weighted by Crippen LogP contribution is -2.29. The number of pyridine rings is 1. The van der Waals surface area contributed by atoms with Gasteiger partial charge in [-0.2, -0.15) is 0 Å². The minimum absolute atomic E-state index is 0.0578. The van der Waals surface area contributed by atoms with Gasteiger partial charge in [0.05, 0.1) is 18.2 Å². The van der Waals surface area contributed by atoms with Gasteiger partial charge in [0, 0.05) is 23.7 Å². The summed E-state index contributed by atoms with van der Waals surface area (Å²) in [6.45, 7) is 2.60. The van der Waals surface area contributed by atoms with Gasteiger partial charge in [-0.3, -0.25) is 19.5 Å². The van der Waals surface area contributed by atoms with E-state index in [0.717, 1.165) is 29.7 Å². The number of halogens is 1. The summed E-state index contributed by atoms with van der Waals surface area (Å²) >= 11 is 2.55. The highest BCUT2D eigenvalue weighted by molar-refractivity contribution is 8.00. The Kier molecular flexibility index (Phi) is 8.51. The van der Waals surface area contributed by atoms with E-state index in [1.165, 1.54) is 41.2 Å². The van der Waals surface area contributed by atoms with E-state index < -0.39 is 17.7 Å². The lowest BCUT2D eigenvalue weighted by molar-refractivity contribution is -0.132. The lowest BCUT2D eigenvalue weighted by atomic mass is 9.95. The van der Waals surface area contributed by atoms with Crippen LogP contribution in [-0.2, 0) is 15.3 Å². The monoisotopic (exact) mass is 576 g/mol. The van der Waals surface area contributed by atoms with E-state index in [1.54, 1.807) is 42.5 Å². The Labute approximate surface area is 238 Å². The number of nitrogens with zero attached hydrogens (tertiary/aromatic N) is 4. The van der Waals surface area contributed by atoms with Crippen molar-refractivity contribution in [1.82, 2.24) is 15.2 Å². The third-order valence-corrected chi connectivity index (χ3v) is 8.34. The molecule has 1 amide bonds. The van der Waals surface area contributed by atoms with Crippen molar-refractivity contribution in [2.24, 2.45) is 0 Å². The van der Waals surface area contributed by atoms with Crippen molar-refractivity contribution in [1.29, 1.82) is 0 Å². The number of amides is 1. The first-order valence-electron chi connectivity index (χ1n) is 12.6. The molecule has 1 unspecified atom stereocenters. The summed E-state index contributed by atoms with van der Waals surface area (Å²) in [4.78, 5) is 32.1. The summed E-state index contributed by atoms with van der Waals surface area (Å²) < 4.78 is 19.7. The quantitative estimate of drug-likeness (QED) is 0.0597. The van der Waals surface area contributed by atoms with Crippen LogP contribution in [0, 0.1) is 5.82 Å². The first-order valence-corrected chi connectivity index (χ1v) is 14.4. The molecule has 1 aliphatic heterocycles. The van der Waals surface area contributed by atoms with Crippen LogP contribution in [0.25, 0.3) is 5.76 Å². The first kappa shape index (κ1) is 27.5. The Balaban J connectivity index is 1.52. The van der Waals surface area contributed by atoms with Crippen molar-refractivity contribution in [3.63, 3.8) is 0 Å². The number of hydrogen-bond acceptors (Lipinski definition) is 9. The number of hydrogen-bond donors (Lipinski definition) is 1. The van der Waals surface area contributed by atoms with Crippen LogP contribution in [-0.4, -0.2) is 38.6 Å². The summed E-state index contributed by atoms with van der Waals surface area (Å²) in [5, 5.41) is 19.9. The molecule has 204 valence electrons. The molecular formula is C29H25FN4O4S2. The van der Waals surface area contributed by atoms with Gasteiger partial charge in [-0.15, -0.1) is 10.2 Å². The van der Waals surface area contributed by atoms with E-state index in [-0.39, 0.29) is 22.3 Å². The molecule has 3 heterocycles. The smallest absolute Gasteiger partial charge is 0.301 e. The molecule has 0 saturated carbocycles. The Hall–Kier alpha value is -4.09. The Morgan fingerprint density at radius 2 is 1.88 bits per heavy atom. The molecule has 2 aromatic heterocycles. The van der Waals surface area contributed by atoms with Crippen LogP contribution in [0.15, 0.2) is 83.0 Å². The molecule has 8 nitrogen and oxygen atoms in total. The Morgan fingerprint density at radius 1 is 1.10 bits per heavy atom. The highest BCUT2D eigenvalue weighted by Crippen LogP contribution is 2.44. The van der Waals surface area contributed by atoms with E-state index in [1.807, 2.05) is 6.07 Å². The van der Waals surface area contributed by atoms with E-state index in [4.69, 9.17) is 4.74 Å². The number of unbranched alkanes of at least 4 members (excludes halogenated alkanes) is 1. The SMILES string of the molecule is CCCCOc1cccc(C2/C(=C(\O)c3ccncc3)C(=O)C(=O)N2c2nnc(SCc3ccc(F)cc3)s2)c1. The van der Waals surface area contributed by atoms with Crippen LogP contribution in [0.5, 0.6) is 5.75 Å². The number of anilines is 1. The fourth-order valence-corrected chi connectivity index (χ4v) is 6.03. The van der Waals surface area contributed by atoms with E-state index >= 15 is 0 Å². The number of Topliss-reactive ketones (excluding diaryl/α,β-unsaturated/α-hetero) is 1. The first-order chi connectivity index (χ1) is 19.5. The number of carbonyl (C=O) groups excluding carboxylic acids is 2.